The second-order valence-corrected chi connectivity index (χ2v) is 4.68. The summed E-state index contributed by atoms with van der Waals surface area (Å²) < 4.78 is 5.66. The van der Waals surface area contributed by atoms with Crippen LogP contribution in [0.4, 0.5) is 5.69 Å². The number of benzene rings is 2. The second-order valence-electron chi connectivity index (χ2n) is 4.68. The molecule has 0 unspecified atom stereocenters. The molecule has 0 saturated carbocycles. The lowest BCUT2D eigenvalue weighted by molar-refractivity contribution is 0.307. The van der Waals surface area contributed by atoms with Gasteiger partial charge < -0.3 is 10.5 Å². The summed E-state index contributed by atoms with van der Waals surface area (Å²) in [5.74, 6) is 0.797. The molecule has 2 aromatic rings. The van der Waals surface area contributed by atoms with Gasteiger partial charge in [0.25, 0.3) is 0 Å². The molecule has 0 spiro atoms. The van der Waals surface area contributed by atoms with E-state index in [-0.39, 0.29) is 0 Å². The molecule has 0 aliphatic heterocycles. The Hall–Kier alpha value is -1.96. The summed E-state index contributed by atoms with van der Waals surface area (Å²) in [6.45, 7) is 0.739. The average Bonchev–Trinajstić information content (AvgIpc) is 2.45. The Morgan fingerprint density at radius 1 is 0.789 bits per heavy atom. The summed E-state index contributed by atoms with van der Waals surface area (Å²) in [5, 5.41) is 0. The fourth-order valence-corrected chi connectivity index (χ4v) is 2.05. The number of nitrogens with two attached hydrogens (primary N) is 1. The lowest BCUT2D eigenvalue weighted by Crippen LogP contribution is -2.00. The highest BCUT2D eigenvalue weighted by atomic mass is 16.5. The topological polar surface area (TPSA) is 35.2 Å². The Kier molecular flexibility index (Phi) is 5.30. The van der Waals surface area contributed by atoms with Crippen molar-refractivity contribution in [3.63, 3.8) is 0 Å². The zero-order valence-electron chi connectivity index (χ0n) is 11.2. The molecule has 0 fully saturated rings. The van der Waals surface area contributed by atoms with Crippen LogP contribution in [0.15, 0.2) is 54.6 Å². The van der Waals surface area contributed by atoms with Crippen molar-refractivity contribution < 1.29 is 4.74 Å². The second kappa shape index (κ2) is 7.47. The minimum Gasteiger partial charge on any atom is -0.491 e. The first-order chi connectivity index (χ1) is 9.36. The van der Waals surface area contributed by atoms with Gasteiger partial charge in [-0.2, -0.15) is 0 Å². The molecule has 2 nitrogen and oxygen atoms in total. The molecule has 0 atom stereocenters. The standard InChI is InChI=1S/C17H21NO/c18-16-12-6-7-13-17(16)19-14-8-2-5-11-15-9-3-1-4-10-15/h1,3-4,6-7,9-10,12-13H,2,5,8,11,14,18H2. The van der Waals surface area contributed by atoms with Gasteiger partial charge in [-0.05, 0) is 43.4 Å². The molecular formula is C17H21NO. The van der Waals surface area contributed by atoms with Gasteiger partial charge in [0.2, 0.25) is 0 Å². The molecule has 2 aromatic carbocycles. The van der Waals surface area contributed by atoms with Crippen LogP contribution in [0.3, 0.4) is 0 Å². The van der Waals surface area contributed by atoms with E-state index in [2.05, 4.69) is 30.3 Å². The van der Waals surface area contributed by atoms with Crippen LogP contribution < -0.4 is 10.5 Å². The Balaban J connectivity index is 1.59. The van der Waals surface area contributed by atoms with E-state index < -0.39 is 0 Å². The van der Waals surface area contributed by atoms with Crippen LogP contribution in [0.25, 0.3) is 0 Å². The molecular weight excluding hydrogens is 234 g/mol. The minimum absolute atomic E-state index is 0.715. The Morgan fingerprint density at radius 2 is 1.53 bits per heavy atom. The maximum absolute atomic E-state index is 5.81. The van der Waals surface area contributed by atoms with Crippen LogP contribution in [0, 0.1) is 0 Å². The van der Waals surface area contributed by atoms with Crippen molar-refractivity contribution in [3.05, 3.63) is 60.2 Å². The lowest BCUT2D eigenvalue weighted by Gasteiger charge is -2.08. The molecule has 2 N–H and O–H groups in total. The highest BCUT2D eigenvalue weighted by molar-refractivity contribution is 5.51. The molecule has 0 radical (unpaired) electrons. The Bertz CT molecular complexity index is 482. The van der Waals surface area contributed by atoms with Crippen LogP contribution >= 0.6 is 0 Å². The van der Waals surface area contributed by atoms with Gasteiger partial charge in [-0.3, -0.25) is 0 Å². The van der Waals surface area contributed by atoms with E-state index in [0.717, 1.165) is 25.2 Å². The van der Waals surface area contributed by atoms with E-state index in [9.17, 15) is 0 Å². The summed E-state index contributed by atoms with van der Waals surface area (Å²) in [5.41, 5.74) is 7.94. The number of unbranched alkanes of at least 4 members (excludes halogenated alkanes) is 2. The van der Waals surface area contributed by atoms with Gasteiger partial charge in [0.05, 0.1) is 12.3 Å². The molecule has 0 amide bonds. The largest absolute Gasteiger partial charge is 0.491 e. The molecule has 0 aliphatic carbocycles. The predicted octanol–water partition coefficient (Wildman–Crippen LogP) is 4.06. The van der Waals surface area contributed by atoms with Gasteiger partial charge in [-0.25, -0.2) is 0 Å². The molecule has 0 saturated heterocycles. The number of hydrogen-bond acceptors (Lipinski definition) is 2. The third-order valence-corrected chi connectivity index (χ3v) is 3.13. The van der Waals surface area contributed by atoms with Gasteiger partial charge in [0.1, 0.15) is 5.75 Å². The van der Waals surface area contributed by atoms with Gasteiger partial charge in [0.15, 0.2) is 0 Å². The van der Waals surface area contributed by atoms with Gasteiger partial charge in [-0.15, -0.1) is 0 Å². The maximum Gasteiger partial charge on any atom is 0.142 e. The van der Waals surface area contributed by atoms with Crippen molar-refractivity contribution in [3.8, 4) is 5.75 Å². The number of anilines is 1. The summed E-state index contributed by atoms with van der Waals surface area (Å²) in [6, 6.07) is 18.3. The highest BCUT2D eigenvalue weighted by Crippen LogP contribution is 2.20. The van der Waals surface area contributed by atoms with Crippen molar-refractivity contribution in [1.29, 1.82) is 0 Å². The summed E-state index contributed by atoms with van der Waals surface area (Å²) >= 11 is 0. The maximum atomic E-state index is 5.81. The lowest BCUT2D eigenvalue weighted by atomic mass is 10.1. The molecule has 0 bridgehead atoms. The monoisotopic (exact) mass is 255 g/mol. The number of hydrogen-bond donors (Lipinski definition) is 1. The van der Waals surface area contributed by atoms with E-state index in [1.54, 1.807) is 0 Å². The Morgan fingerprint density at radius 3 is 2.32 bits per heavy atom. The van der Waals surface area contributed by atoms with Crippen LogP contribution in [-0.2, 0) is 6.42 Å². The first-order valence-electron chi connectivity index (χ1n) is 6.87. The van der Waals surface area contributed by atoms with Crippen LogP contribution in [0.1, 0.15) is 24.8 Å². The zero-order chi connectivity index (χ0) is 13.3. The van der Waals surface area contributed by atoms with Crippen LogP contribution in [0.2, 0.25) is 0 Å². The molecule has 100 valence electrons. The van der Waals surface area contributed by atoms with Gasteiger partial charge in [0, 0.05) is 0 Å². The van der Waals surface area contributed by atoms with Crippen molar-refractivity contribution in [2.75, 3.05) is 12.3 Å². The molecule has 0 aliphatic rings. The van der Waals surface area contributed by atoms with Gasteiger partial charge >= 0.3 is 0 Å². The third-order valence-electron chi connectivity index (χ3n) is 3.13. The van der Waals surface area contributed by atoms with Crippen LogP contribution in [0.5, 0.6) is 5.75 Å². The average molecular weight is 255 g/mol. The summed E-state index contributed by atoms with van der Waals surface area (Å²) in [6.07, 6.45) is 4.61. The third kappa shape index (κ3) is 4.66. The first kappa shape index (κ1) is 13.5. The number of aryl methyl sites for hydroxylation is 1. The SMILES string of the molecule is Nc1ccccc1OCCCCCc1ccccc1. The number of para-hydroxylation sites is 2. The normalized spacial score (nSPS) is 10.3. The number of ether oxygens (including phenoxy) is 1. The van der Waals surface area contributed by atoms with Crippen molar-refractivity contribution in [1.82, 2.24) is 0 Å². The van der Waals surface area contributed by atoms with Crippen molar-refractivity contribution >= 4 is 5.69 Å². The molecule has 2 rings (SSSR count). The zero-order valence-corrected chi connectivity index (χ0v) is 11.2. The number of rotatable bonds is 7. The summed E-state index contributed by atoms with van der Waals surface area (Å²) in [4.78, 5) is 0. The molecule has 0 aromatic heterocycles. The summed E-state index contributed by atoms with van der Waals surface area (Å²) in [7, 11) is 0. The van der Waals surface area contributed by atoms with Crippen molar-refractivity contribution in [2.45, 2.75) is 25.7 Å². The molecule has 19 heavy (non-hydrogen) atoms. The molecule has 0 heterocycles. The van der Waals surface area contributed by atoms with Crippen LogP contribution in [-0.4, -0.2) is 6.61 Å². The van der Waals surface area contributed by atoms with E-state index in [1.165, 1.54) is 18.4 Å². The quantitative estimate of drug-likeness (QED) is 0.598. The predicted molar refractivity (Wildman–Crippen MR) is 80.3 cm³/mol. The molecule has 2 heteroatoms. The first-order valence-corrected chi connectivity index (χ1v) is 6.87. The Labute approximate surface area is 115 Å². The smallest absolute Gasteiger partial charge is 0.142 e. The van der Waals surface area contributed by atoms with E-state index >= 15 is 0 Å². The highest BCUT2D eigenvalue weighted by Gasteiger charge is 1.98. The van der Waals surface area contributed by atoms with E-state index in [1.807, 2.05) is 24.3 Å². The minimum atomic E-state index is 0.715. The number of nitrogen functional groups attached to an aromatic ring is 1. The van der Waals surface area contributed by atoms with E-state index in [4.69, 9.17) is 10.5 Å². The van der Waals surface area contributed by atoms with Gasteiger partial charge in [-0.1, -0.05) is 42.5 Å². The fraction of sp³-hybridized carbons (Fsp3) is 0.294. The fourth-order valence-electron chi connectivity index (χ4n) is 2.05. The van der Waals surface area contributed by atoms with Crippen molar-refractivity contribution in [2.24, 2.45) is 0 Å². The van der Waals surface area contributed by atoms with E-state index in [0.29, 0.717) is 5.69 Å².